The fourth-order valence-corrected chi connectivity index (χ4v) is 3.60. The molecular weight excluding hydrogens is 432 g/mol. The smallest absolute Gasteiger partial charge is 0.319 e. The van der Waals surface area contributed by atoms with Gasteiger partial charge in [-0.2, -0.15) is 0 Å². The van der Waals surface area contributed by atoms with Gasteiger partial charge in [-0.3, -0.25) is 9.59 Å². The molecular formula is C23H21ClN4O4. The van der Waals surface area contributed by atoms with Crippen molar-refractivity contribution in [1.82, 2.24) is 5.32 Å². The lowest BCUT2D eigenvalue weighted by molar-refractivity contribution is -0.122. The third kappa shape index (κ3) is 5.28. The van der Waals surface area contributed by atoms with Gasteiger partial charge in [0.2, 0.25) is 11.8 Å². The Bertz CT molecular complexity index is 1120. The number of halogens is 1. The van der Waals surface area contributed by atoms with Crippen LogP contribution in [-0.2, 0) is 16.1 Å². The van der Waals surface area contributed by atoms with Gasteiger partial charge in [0, 0.05) is 35.1 Å². The van der Waals surface area contributed by atoms with E-state index in [-0.39, 0.29) is 30.8 Å². The van der Waals surface area contributed by atoms with Crippen molar-refractivity contribution in [3.05, 3.63) is 77.7 Å². The number of furan rings is 1. The van der Waals surface area contributed by atoms with Gasteiger partial charge in [0.25, 0.3) is 0 Å². The summed E-state index contributed by atoms with van der Waals surface area (Å²) in [6, 6.07) is 16.9. The number of benzene rings is 2. The number of amides is 4. The normalized spacial score (nSPS) is 15.5. The summed E-state index contributed by atoms with van der Waals surface area (Å²) >= 11 is 6.01. The van der Waals surface area contributed by atoms with Crippen molar-refractivity contribution < 1.29 is 18.8 Å². The number of hydrogen-bond donors (Lipinski definition) is 3. The van der Waals surface area contributed by atoms with E-state index >= 15 is 0 Å². The van der Waals surface area contributed by atoms with Gasteiger partial charge in [0.05, 0.1) is 18.7 Å². The molecule has 1 aromatic heterocycles. The summed E-state index contributed by atoms with van der Waals surface area (Å²) in [7, 11) is 0. The number of nitrogens with one attached hydrogen (secondary N) is 3. The van der Waals surface area contributed by atoms with E-state index in [4.69, 9.17) is 16.0 Å². The van der Waals surface area contributed by atoms with E-state index in [2.05, 4.69) is 16.0 Å². The number of hydrogen-bond acceptors (Lipinski definition) is 4. The van der Waals surface area contributed by atoms with Crippen LogP contribution in [0.3, 0.4) is 0 Å². The van der Waals surface area contributed by atoms with Crippen molar-refractivity contribution in [3.63, 3.8) is 0 Å². The zero-order chi connectivity index (χ0) is 22.5. The van der Waals surface area contributed by atoms with E-state index in [9.17, 15) is 14.4 Å². The Morgan fingerprint density at radius 1 is 1.03 bits per heavy atom. The van der Waals surface area contributed by atoms with Gasteiger partial charge in [-0.05, 0) is 54.6 Å². The quantitative estimate of drug-likeness (QED) is 0.520. The highest BCUT2D eigenvalue weighted by Crippen LogP contribution is 2.28. The second-order valence-corrected chi connectivity index (χ2v) is 7.78. The summed E-state index contributed by atoms with van der Waals surface area (Å²) in [4.78, 5) is 38.6. The number of nitrogens with zero attached hydrogens (tertiary/aromatic N) is 1. The Hall–Kier alpha value is -3.78. The zero-order valence-electron chi connectivity index (χ0n) is 17.0. The van der Waals surface area contributed by atoms with Crippen LogP contribution in [0.1, 0.15) is 12.2 Å². The summed E-state index contributed by atoms with van der Waals surface area (Å²) in [5.74, 6) is -0.170. The van der Waals surface area contributed by atoms with E-state index in [0.717, 1.165) is 0 Å². The molecule has 1 atom stereocenters. The van der Waals surface area contributed by atoms with Crippen LogP contribution >= 0.6 is 11.6 Å². The minimum atomic E-state index is -0.466. The molecule has 0 spiro atoms. The molecule has 2 aromatic carbocycles. The van der Waals surface area contributed by atoms with Crippen LogP contribution in [0.5, 0.6) is 0 Å². The number of urea groups is 1. The first-order valence-electron chi connectivity index (χ1n) is 10.0. The number of anilines is 3. The predicted octanol–water partition coefficient (Wildman–Crippen LogP) is 4.25. The molecule has 3 aromatic rings. The van der Waals surface area contributed by atoms with Gasteiger partial charge in [0.15, 0.2) is 0 Å². The monoisotopic (exact) mass is 452 g/mol. The molecule has 0 radical (unpaired) electrons. The van der Waals surface area contributed by atoms with E-state index in [1.807, 2.05) is 0 Å². The van der Waals surface area contributed by atoms with Crippen LogP contribution in [0.2, 0.25) is 5.02 Å². The SMILES string of the molecule is O=C(NCc1ccco1)Nc1ccc(NC(=O)C2CC(=O)N(c3cccc(Cl)c3)C2)cc1. The third-order valence-corrected chi connectivity index (χ3v) is 5.26. The lowest BCUT2D eigenvalue weighted by Gasteiger charge is -2.17. The zero-order valence-corrected chi connectivity index (χ0v) is 17.8. The Balaban J connectivity index is 1.29. The minimum Gasteiger partial charge on any atom is -0.467 e. The number of rotatable bonds is 6. The fraction of sp³-hybridized carbons (Fsp3) is 0.174. The second kappa shape index (κ2) is 9.57. The van der Waals surface area contributed by atoms with E-state index < -0.39 is 5.92 Å². The van der Waals surface area contributed by atoms with E-state index in [1.54, 1.807) is 65.6 Å². The first kappa shape index (κ1) is 21.5. The highest BCUT2D eigenvalue weighted by molar-refractivity contribution is 6.31. The maximum atomic E-state index is 12.7. The highest BCUT2D eigenvalue weighted by Gasteiger charge is 2.35. The molecule has 1 unspecified atom stereocenters. The van der Waals surface area contributed by atoms with Crippen molar-refractivity contribution in [3.8, 4) is 0 Å². The molecule has 32 heavy (non-hydrogen) atoms. The molecule has 8 nitrogen and oxygen atoms in total. The molecule has 0 bridgehead atoms. The second-order valence-electron chi connectivity index (χ2n) is 7.34. The molecule has 4 rings (SSSR count). The molecule has 1 saturated heterocycles. The average molecular weight is 453 g/mol. The molecule has 9 heteroatoms. The van der Waals surface area contributed by atoms with Crippen LogP contribution in [-0.4, -0.2) is 24.4 Å². The molecule has 1 aliphatic rings. The Morgan fingerprint density at radius 3 is 2.47 bits per heavy atom. The van der Waals surface area contributed by atoms with Crippen LogP contribution in [0.4, 0.5) is 21.9 Å². The van der Waals surface area contributed by atoms with E-state index in [1.165, 1.54) is 6.26 Å². The molecule has 3 N–H and O–H groups in total. The summed E-state index contributed by atoms with van der Waals surface area (Å²) in [6.45, 7) is 0.569. The molecule has 4 amide bonds. The molecule has 1 fully saturated rings. The van der Waals surface area contributed by atoms with Crippen LogP contribution < -0.4 is 20.9 Å². The fourth-order valence-electron chi connectivity index (χ4n) is 3.41. The Labute approximate surface area is 189 Å². The summed E-state index contributed by atoms with van der Waals surface area (Å²) in [6.07, 6.45) is 1.67. The van der Waals surface area contributed by atoms with Gasteiger partial charge < -0.3 is 25.3 Å². The van der Waals surface area contributed by atoms with Crippen molar-refractivity contribution in [2.24, 2.45) is 5.92 Å². The van der Waals surface area contributed by atoms with Gasteiger partial charge in [-0.1, -0.05) is 17.7 Å². The highest BCUT2D eigenvalue weighted by atomic mass is 35.5. The van der Waals surface area contributed by atoms with Gasteiger partial charge in [-0.25, -0.2) is 4.79 Å². The standard InChI is InChI=1S/C23H21ClN4O4/c24-16-3-1-4-19(12-16)28-14-15(11-21(28)29)22(30)26-17-6-8-18(9-7-17)27-23(31)25-13-20-5-2-10-32-20/h1-10,12,15H,11,13-14H2,(H,26,30)(H2,25,27,31). The van der Waals surface area contributed by atoms with Gasteiger partial charge in [0.1, 0.15) is 5.76 Å². The largest absolute Gasteiger partial charge is 0.467 e. The number of carbonyl (C=O) groups excluding carboxylic acids is 3. The average Bonchev–Trinajstić information content (AvgIpc) is 3.43. The van der Waals surface area contributed by atoms with Crippen molar-refractivity contribution in [2.45, 2.75) is 13.0 Å². The van der Waals surface area contributed by atoms with Gasteiger partial charge in [-0.15, -0.1) is 0 Å². The van der Waals surface area contributed by atoms with Crippen molar-refractivity contribution in [2.75, 3.05) is 22.1 Å². The summed E-state index contributed by atoms with van der Waals surface area (Å²) < 4.78 is 5.16. The predicted molar refractivity (Wildman–Crippen MR) is 122 cm³/mol. The molecule has 164 valence electrons. The van der Waals surface area contributed by atoms with Crippen molar-refractivity contribution in [1.29, 1.82) is 0 Å². The maximum Gasteiger partial charge on any atom is 0.319 e. The minimum absolute atomic E-state index is 0.118. The summed E-state index contributed by atoms with van der Waals surface area (Å²) in [5, 5.41) is 8.75. The molecule has 2 heterocycles. The van der Waals surface area contributed by atoms with Crippen LogP contribution in [0.25, 0.3) is 0 Å². The first-order chi connectivity index (χ1) is 15.5. The molecule has 0 aliphatic carbocycles. The Kier molecular flexibility index (Phi) is 6.42. The first-order valence-corrected chi connectivity index (χ1v) is 10.4. The summed E-state index contributed by atoms with van der Waals surface area (Å²) in [5.41, 5.74) is 1.83. The van der Waals surface area contributed by atoms with Gasteiger partial charge >= 0.3 is 6.03 Å². The lowest BCUT2D eigenvalue weighted by atomic mass is 10.1. The lowest BCUT2D eigenvalue weighted by Crippen LogP contribution is -2.28. The van der Waals surface area contributed by atoms with E-state index in [0.29, 0.717) is 34.4 Å². The maximum absolute atomic E-state index is 12.7. The Morgan fingerprint density at radius 2 is 1.78 bits per heavy atom. The molecule has 1 aliphatic heterocycles. The van der Waals surface area contributed by atoms with Crippen molar-refractivity contribution >= 4 is 46.5 Å². The number of carbonyl (C=O) groups is 3. The van der Waals surface area contributed by atoms with Crippen LogP contribution in [0, 0.1) is 5.92 Å². The molecule has 0 saturated carbocycles. The van der Waals surface area contributed by atoms with Crippen LogP contribution in [0.15, 0.2) is 71.3 Å². The topological polar surface area (TPSA) is 104 Å². The third-order valence-electron chi connectivity index (χ3n) is 5.03.